The molecule has 2 atom stereocenters. The van der Waals surface area contributed by atoms with Crippen LogP contribution in [0.15, 0.2) is 65.6 Å². The fraction of sp³-hybridized carbons (Fsp3) is 0.238. The molecule has 0 spiro atoms. The van der Waals surface area contributed by atoms with Crippen molar-refractivity contribution < 1.29 is 29.4 Å². The Kier molecular flexibility index (Phi) is 9.20. The molecule has 0 aromatic heterocycles. The number of benzene rings is 2. The highest BCUT2D eigenvalue weighted by Crippen LogP contribution is 2.27. The van der Waals surface area contributed by atoms with E-state index in [4.69, 9.17) is 14.7 Å². The molecular formula is C21H24N2O6S. The van der Waals surface area contributed by atoms with Crippen molar-refractivity contribution in [2.75, 3.05) is 18.2 Å². The van der Waals surface area contributed by atoms with E-state index in [1.54, 1.807) is 43.0 Å². The molecule has 0 radical (unpaired) electrons. The number of hydrogen-bond donors (Lipinski definition) is 4. The van der Waals surface area contributed by atoms with E-state index in [0.717, 1.165) is 11.0 Å². The van der Waals surface area contributed by atoms with E-state index in [2.05, 4.69) is 5.32 Å². The van der Waals surface area contributed by atoms with Gasteiger partial charge in [-0.1, -0.05) is 12.1 Å². The first-order valence-electron chi connectivity index (χ1n) is 9.11. The topological polar surface area (TPSA) is 117 Å². The number of phenols is 1. The van der Waals surface area contributed by atoms with Gasteiger partial charge in [-0.05, 0) is 61.2 Å². The van der Waals surface area contributed by atoms with Crippen LogP contribution in [0.4, 0.5) is 10.5 Å². The third-order valence-electron chi connectivity index (χ3n) is 4.00. The highest BCUT2D eigenvalue weighted by atomic mass is 32.2. The maximum atomic E-state index is 12.5. The molecule has 160 valence electrons. The molecule has 0 heterocycles. The van der Waals surface area contributed by atoms with Crippen molar-refractivity contribution in [3.05, 3.63) is 66.2 Å². The lowest BCUT2D eigenvalue weighted by molar-refractivity contribution is -0.124. The number of carbonyl (C=O) groups excluding carboxylic acids is 2. The molecule has 0 bridgehead atoms. The molecule has 30 heavy (non-hydrogen) atoms. The van der Waals surface area contributed by atoms with Gasteiger partial charge in [0.2, 0.25) is 0 Å². The van der Waals surface area contributed by atoms with Crippen molar-refractivity contribution in [1.29, 1.82) is 0 Å². The number of phenolic OH excluding ortho intramolecular Hbond substituents is 1. The maximum Gasteiger partial charge on any atom is 0.412 e. The van der Waals surface area contributed by atoms with Crippen LogP contribution in [0.3, 0.4) is 0 Å². The van der Waals surface area contributed by atoms with Crippen molar-refractivity contribution >= 4 is 29.4 Å². The van der Waals surface area contributed by atoms with Crippen LogP contribution < -0.4 is 10.8 Å². The molecule has 0 unspecified atom stereocenters. The van der Waals surface area contributed by atoms with Gasteiger partial charge < -0.3 is 14.6 Å². The molecule has 0 aliphatic rings. The Morgan fingerprint density at radius 3 is 2.37 bits per heavy atom. The molecular weight excluding hydrogens is 408 g/mol. The number of aromatic hydroxyl groups is 1. The van der Waals surface area contributed by atoms with Crippen LogP contribution in [0.2, 0.25) is 0 Å². The molecule has 0 aliphatic heterocycles. The first kappa shape index (κ1) is 23.3. The normalized spacial score (nSPS) is 12.9. The molecule has 0 fully saturated rings. The number of amides is 2. The Hall–Kier alpha value is -3.01. The predicted octanol–water partition coefficient (Wildman–Crippen LogP) is 3.87. The van der Waals surface area contributed by atoms with Crippen LogP contribution in [0, 0.1) is 0 Å². The highest BCUT2D eigenvalue weighted by molar-refractivity contribution is 7.98. The summed E-state index contributed by atoms with van der Waals surface area (Å²) in [4.78, 5) is 25.0. The zero-order chi connectivity index (χ0) is 21.9. The van der Waals surface area contributed by atoms with Crippen LogP contribution in [0.25, 0.3) is 0 Å². The number of ether oxygens (including phenoxy) is 2. The summed E-state index contributed by atoms with van der Waals surface area (Å²) in [7, 11) is 0. The summed E-state index contributed by atoms with van der Waals surface area (Å²) in [6.07, 6.45) is 1.97. The van der Waals surface area contributed by atoms with Crippen LogP contribution in [-0.2, 0) is 14.3 Å². The van der Waals surface area contributed by atoms with Gasteiger partial charge in [-0.25, -0.2) is 10.3 Å². The van der Waals surface area contributed by atoms with Crippen LogP contribution in [-0.4, -0.2) is 41.3 Å². The van der Waals surface area contributed by atoms with Gasteiger partial charge in [0.15, 0.2) is 6.10 Å². The number of thioether (sulfide) groups is 1. The van der Waals surface area contributed by atoms with Crippen molar-refractivity contribution in [3.63, 3.8) is 0 Å². The minimum absolute atomic E-state index is 0.0546. The van der Waals surface area contributed by atoms with Gasteiger partial charge in [-0.2, -0.15) is 0 Å². The van der Waals surface area contributed by atoms with Crippen LogP contribution >= 0.6 is 11.8 Å². The summed E-state index contributed by atoms with van der Waals surface area (Å²) in [5.41, 5.74) is 2.61. The summed E-state index contributed by atoms with van der Waals surface area (Å²) in [5.74, 6) is -0.693. The Balaban J connectivity index is 2.24. The van der Waals surface area contributed by atoms with E-state index in [-0.39, 0.29) is 12.4 Å². The zero-order valence-electron chi connectivity index (χ0n) is 16.6. The van der Waals surface area contributed by atoms with Crippen molar-refractivity contribution in [3.8, 4) is 5.75 Å². The third-order valence-corrected chi connectivity index (χ3v) is 4.74. The van der Waals surface area contributed by atoms with Gasteiger partial charge >= 0.3 is 6.09 Å². The lowest BCUT2D eigenvalue weighted by atomic mass is 10.0. The largest absolute Gasteiger partial charge is 0.508 e. The van der Waals surface area contributed by atoms with Crippen LogP contribution in [0.1, 0.15) is 18.6 Å². The lowest BCUT2D eigenvalue weighted by Crippen LogP contribution is -2.28. The summed E-state index contributed by atoms with van der Waals surface area (Å²) < 4.78 is 11.3. The molecule has 4 N–H and O–H groups in total. The molecule has 9 heteroatoms. The average molecular weight is 432 g/mol. The number of carbonyl (C=O) groups is 2. The summed E-state index contributed by atoms with van der Waals surface area (Å²) >= 11 is 1.59. The molecule has 2 amide bonds. The fourth-order valence-corrected chi connectivity index (χ4v) is 2.99. The standard InChI is InChI=1S/C21H24N2O6S/c1-3-28-18(12-13-19(25)23-27)20(14-4-8-16(24)9-5-14)29-21(26)22-15-6-10-17(30-2)11-7-15/h4-13,18,20,24,27H,3H2,1-2H3,(H,22,26)(H,23,25)/b13-12+/t18-,20-/m0/s1. The van der Waals surface area contributed by atoms with Gasteiger partial charge in [-0.3, -0.25) is 15.3 Å². The number of rotatable bonds is 9. The number of anilines is 1. The third kappa shape index (κ3) is 7.11. The van der Waals surface area contributed by atoms with E-state index in [1.807, 2.05) is 18.4 Å². The molecule has 0 saturated carbocycles. The highest BCUT2D eigenvalue weighted by Gasteiger charge is 2.26. The Morgan fingerprint density at radius 1 is 1.13 bits per heavy atom. The summed E-state index contributed by atoms with van der Waals surface area (Å²) in [6.45, 7) is 2.04. The molecule has 2 aromatic rings. The van der Waals surface area contributed by atoms with Crippen molar-refractivity contribution in [2.45, 2.75) is 24.0 Å². The van der Waals surface area contributed by atoms with E-state index in [0.29, 0.717) is 11.3 Å². The first-order valence-corrected chi connectivity index (χ1v) is 10.3. The van der Waals surface area contributed by atoms with Crippen molar-refractivity contribution in [1.82, 2.24) is 5.48 Å². The molecule has 2 rings (SSSR count). The summed E-state index contributed by atoms with van der Waals surface area (Å²) in [5, 5.41) is 20.9. The quantitative estimate of drug-likeness (QED) is 0.206. The smallest absolute Gasteiger partial charge is 0.412 e. The minimum Gasteiger partial charge on any atom is -0.508 e. The van der Waals surface area contributed by atoms with Gasteiger partial charge in [0, 0.05) is 23.3 Å². The molecule has 0 saturated heterocycles. The van der Waals surface area contributed by atoms with Gasteiger partial charge in [0.1, 0.15) is 11.9 Å². The Labute approximate surface area is 178 Å². The van der Waals surface area contributed by atoms with E-state index in [1.165, 1.54) is 23.7 Å². The maximum absolute atomic E-state index is 12.5. The molecule has 8 nitrogen and oxygen atoms in total. The number of nitrogens with one attached hydrogen (secondary N) is 2. The zero-order valence-corrected chi connectivity index (χ0v) is 17.4. The SMILES string of the molecule is CCO[C@@H](/C=C/C(=O)NO)[C@@H](OC(=O)Nc1ccc(SC)cc1)c1ccc(O)cc1. The number of hydrogen-bond acceptors (Lipinski definition) is 7. The van der Waals surface area contributed by atoms with Crippen molar-refractivity contribution in [2.24, 2.45) is 0 Å². The van der Waals surface area contributed by atoms with Crippen LogP contribution in [0.5, 0.6) is 5.75 Å². The second kappa shape index (κ2) is 11.9. The monoisotopic (exact) mass is 432 g/mol. The first-order chi connectivity index (χ1) is 14.5. The van der Waals surface area contributed by atoms with Gasteiger partial charge in [-0.15, -0.1) is 11.8 Å². The molecule has 2 aromatic carbocycles. The van der Waals surface area contributed by atoms with E-state index in [9.17, 15) is 14.7 Å². The predicted molar refractivity (Wildman–Crippen MR) is 114 cm³/mol. The average Bonchev–Trinajstić information content (AvgIpc) is 2.76. The minimum atomic E-state index is -0.918. The lowest BCUT2D eigenvalue weighted by Gasteiger charge is -2.25. The molecule has 0 aliphatic carbocycles. The Bertz CT molecular complexity index is 855. The van der Waals surface area contributed by atoms with Gasteiger partial charge in [0.05, 0.1) is 0 Å². The second-order valence-electron chi connectivity index (χ2n) is 6.03. The fourth-order valence-electron chi connectivity index (χ4n) is 2.58. The summed E-state index contributed by atoms with van der Waals surface area (Å²) in [6, 6.07) is 13.4. The van der Waals surface area contributed by atoms with Gasteiger partial charge in [0.25, 0.3) is 5.91 Å². The van der Waals surface area contributed by atoms with E-state index >= 15 is 0 Å². The van der Waals surface area contributed by atoms with E-state index < -0.39 is 24.2 Å². The second-order valence-corrected chi connectivity index (χ2v) is 6.91. The number of hydroxylamine groups is 1. The Morgan fingerprint density at radius 2 is 1.80 bits per heavy atom.